The van der Waals surface area contributed by atoms with E-state index in [9.17, 15) is 30.7 Å². The Balaban J connectivity index is 0.000000275. The van der Waals surface area contributed by atoms with Gasteiger partial charge in [0.05, 0.1) is 16.8 Å². The number of nitrogens with zero attached hydrogens (tertiary/aromatic N) is 1. The van der Waals surface area contributed by atoms with Gasteiger partial charge in [0.2, 0.25) is 0 Å². The fourth-order valence-electron chi connectivity index (χ4n) is 3.91. The molecule has 4 N–H and O–H groups in total. The Bertz CT molecular complexity index is 1270. The number of benzene rings is 3. The Labute approximate surface area is 223 Å². The molecule has 1 unspecified atom stereocenters. The molecule has 0 radical (unpaired) electrons. The van der Waals surface area contributed by atoms with Crippen molar-refractivity contribution in [1.82, 2.24) is 5.32 Å². The summed E-state index contributed by atoms with van der Waals surface area (Å²) in [6.07, 6.45) is -8.61. The van der Waals surface area contributed by atoms with Crippen LogP contribution >= 0.6 is 0 Å². The van der Waals surface area contributed by atoms with Crippen LogP contribution in [0.4, 0.5) is 42.1 Å². The molecule has 0 spiro atoms. The molecule has 1 aliphatic rings. The van der Waals surface area contributed by atoms with E-state index in [1.54, 1.807) is 13.1 Å². The zero-order valence-corrected chi connectivity index (χ0v) is 21.9. The van der Waals surface area contributed by atoms with E-state index in [1.165, 1.54) is 18.2 Å². The summed E-state index contributed by atoms with van der Waals surface area (Å²) >= 11 is 0. The zero-order valence-electron chi connectivity index (χ0n) is 21.9. The summed E-state index contributed by atoms with van der Waals surface area (Å²) in [5.41, 5.74) is 5.09. The van der Waals surface area contributed by atoms with Gasteiger partial charge in [0.25, 0.3) is 0 Å². The summed E-state index contributed by atoms with van der Waals surface area (Å²) < 4.78 is 89.6. The Morgan fingerprint density at radius 1 is 0.821 bits per heavy atom. The Morgan fingerprint density at radius 3 is 2.00 bits per heavy atom. The number of aryl methyl sites for hydroxylation is 1. The number of alkyl halides is 6. The van der Waals surface area contributed by atoms with Gasteiger partial charge in [-0.2, -0.15) is 26.3 Å². The van der Waals surface area contributed by atoms with Crippen LogP contribution in [0, 0.1) is 5.82 Å². The van der Waals surface area contributed by atoms with Crippen LogP contribution in [0.15, 0.2) is 65.7 Å². The highest BCUT2D eigenvalue weighted by Gasteiger charge is 2.37. The fourth-order valence-corrected chi connectivity index (χ4v) is 3.91. The Morgan fingerprint density at radius 2 is 1.41 bits per heavy atom. The molecular weight excluding hydrogens is 525 g/mol. The highest BCUT2D eigenvalue weighted by molar-refractivity contribution is 6.05. The molecule has 11 heteroatoms. The minimum Gasteiger partial charge on any atom is -0.396 e. The van der Waals surface area contributed by atoms with Crippen molar-refractivity contribution < 1.29 is 30.7 Å². The third-order valence-corrected chi connectivity index (χ3v) is 5.66. The second kappa shape index (κ2) is 13.3. The van der Waals surface area contributed by atoms with Gasteiger partial charge < -0.3 is 16.4 Å². The van der Waals surface area contributed by atoms with Crippen LogP contribution in [0.5, 0.6) is 0 Å². The van der Waals surface area contributed by atoms with Gasteiger partial charge in [0.1, 0.15) is 12.0 Å². The van der Waals surface area contributed by atoms with Gasteiger partial charge in [-0.15, -0.1) is 0 Å². The van der Waals surface area contributed by atoms with Crippen molar-refractivity contribution in [2.45, 2.75) is 52.1 Å². The quantitative estimate of drug-likeness (QED) is 0.225. The molecule has 0 saturated carbocycles. The first-order valence-corrected chi connectivity index (χ1v) is 12.3. The van der Waals surface area contributed by atoms with Crippen LogP contribution < -0.4 is 16.4 Å². The number of para-hydroxylation sites is 1. The normalized spacial score (nSPS) is 15.6. The fraction of sp³-hybridized carbons (Fsp3) is 0.321. The Hall–Kier alpha value is -3.76. The number of nitrogen functional groups attached to an aromatic ring is 1. The van der Waals surface area contributed by atoms with E-state index >= 15 is 0 Å². The van der Waals surface area contributed by atoms with Crippen LogP contribution in [0.3, 0.4) is 0 Å². The van der Waals surface area contributed by atoms with Gasteiger partial charge in [0.15, 0.2) is 5.82 Å². The third kappa shape index (κ3) is 7.64. The molecule has 0 fully saturated rings. The van der Waals surface area contributed by atoms with Crippen molar-refractivity contribution in [1.29, 1.82) is 0 Å². The molecule has 1 aliphatic heterocycles. The number of aliphatic imine (C=N–C) groups is 1. The van der Waals surface area contributed by atoms with E-state index < -0.39 is 41.1 Å². The van der Waals surface area contributed by atoms with E-state index in [1.807, 2.05) is 45.0 Å². The summed E-state index contributed by atoms with van der Waals surface area (Å²) in [5.74, 6) is -0.801. The molecule has 0 aliphatic carbocycles. The zero-order chi connectivity index (χ0) is 29.4. The lowest BCUT2D eigenvalue weighted by Crippen LogP contribution is -2.39. The molecule has 0 aromatic heterocycles. The maximum Gasteiger partial charge on any atom is 0.419 e. The average Bonchev–Trinajstić information content (AvgIpc) is 2.91. The van der Waals surface area contributed by atoms with Gasteiger partial charge in [0, 0.05) is 23.9 Å². The highest BCUT2D eigenvalue weighted by Crippen LogP contribution is 2.37. The highest BCUT2D eigenvalue weighted by atomic mass is 19.4. The lowest BCUT2D eigenvalue weighted by atomic mass is 10.0. The summed E-state index contributed by atoms with van der Waals surface area (Å²) in [4.78, 5) is 4.14. The lowest BCUT2D eigenvalue weighted by molar-refractivity contribution is -0.140. The predicted octanol–water partition coefficient (Wildman–Crippen LogP) is 8.20. The predicted molar refractivity (Wildman–Crippen MR) is 141 cm³/mol. The maximum absolute atomic E-state index is 13.2. The largest absolute Gasteiger partial charge is 0.419 e. The SMILES string of the molecule is CC.CCCc1ccc(C(F)(F)F)c(F)c1N.CN=C1NC(c2ccccc2C(F)(F)F)Nc2ccccc21. The molecule has 0 amide bonds. The van der Waals surface area contributed by atoms with Crippen molar-refractivity contribution in [2.75, 3.05) is 18.1 Å². The van der Waals surface area contributed by atoms with Gasteiger partial charge in [-0.25, -0.2) is 4.39 Å². The van der Waals surface area contributed by atoms with E-state index in [-0.39, 0.29) is 5.56 Å². The van der Waals surface area contributed by atoms with Crippen LogP contribution in [-0.4, -0.2) is 12.9 Å². The van der Waals surface area contributed by atoms with Crippen LogP contribution in [0.1, 0.15) is 61.2 Å². The second-order valence-electron chi connectivity index (χ2n) is 8.17. The van der Waals surface area contributed by atoms with Crippen molar-refractivity contribution in [3.05, 3.63) is 94.3 Å². The third-order valence-electron chi connectivity index (χ3n) is 5.66. The number of halogens is 7. The molecule has 0 saturated heterocycles. The number of nitrogens with two attached hydrogens (primary N) is 1. The molecule has 1 heterocycles. The van der Waals surface area contributed by atoms with E-state index in [4.69, 9.17) is 5.73 Å². The van der Waals surface area contributed by atoms with Gasteiger partial charge in [-0.1, -0.05) is 63.6 Å². The Kier molecular flexibility index (Phi) is 10.8. The van der Waals surface area contributed by atoms with E-state index in [0.717, 1.165) is 23.4 Å². The topological polar surface area (TPSA) is 62.4 Å². The van der Waals surface area contributed by atoms with Crippen molar-refractivity contribution in [3.63, 3.8) is 0 Å². The number of hydrogen-bond donors (Lipinski definition) is 3. The molecule has 4 nitrogen and oxygen atoms in total. The van der Waals surface area contributed by atoms with Crippen LogP contribution in [0.25, 0.3) is 0 Å². The number of amidine groups is 1. The first kappa shape index (κ1) is 31.5. The molecule has 39 heavy (non-hydrogen) atoms. The number of nitrogens with one attached hydrogen (secondary N) is 2. The molecule has 3 aromatic rings. The van der Waals surface area contributed by atoms with Crippen molar-refractivity contribution in [3.8, 4) is 0 Å². The van der Waals surface area contributed by atoms with Gasteiger partial charge in [-0.05, 0) is 36.2 Å². The molecule has 1 atom stereocenters. The standard InChI is InChI=1S/C16H14F3N3.C10H11F4N.C2H6/c1-20-14-11-7-3-5-9-13(11)21-15(22-14)10-6-2-4-8-12(10)16(17,18)19;1-2-3-6-4-5-7(10(12,13)14)8(11)9(6)15;1-2/h2-9,15,21H,1H3,(H,20,22);4-5H,2-3,15H2,1H3;1-2H3. The summed E-state index contributed by atoms with van der Waals surface area (Å²) in [7, 11) is 1.61. The van der Waals surface area contributed by atoms with Crippen LogP contribution in [-0.2, 0) is 18.8 Å². The molecule has 3 aromatic carbocycles. The molecule has 212 valence electrons. The first-order valence-electron chi connectivity index (χ1n) is 12.3. The van der Waals surface area contributed by atoms with Crippen LogP contribution in [0.2, 0.25) is 0 Å². The minimum absolute atomic E-state index is 0.144. The summed E-state index contributed by atoms with van der Waals surface area (Å²) in [6, 6.07) is 14.9. The average molecular weight is 557 g/mol. The summed E-state index contributed by atoms with van der Waals surface area (Å²) in [6.45, 7) is 5.84. The summed E-state index contributed by atoms with van der Waals surface area (Å²) in [5, 5.41) is 6.13. The van der Waals surface area contributed by atoms with Gasteiger partial charge in [-0.3, -0.25) is 4.99 Å². The molecular formula is C28H31F7N4. The van der Waals surface area contributed by atoms with E-state index in [2.05, 4.69) is 15.6 Å². The van der Waals surface area contributed by atoms with Crippen molar-refractivity contribution >= 4 is 17.2 Å². The maximum atomic E-state index is 13.2. The number of rotatable bonds is 3. The van der Waals surface area contributed by atoms with Gasteiger partial charge >= 0.3 is 12.4 Å². The number of fused-ring (bicyclic) bond motifs is 1. The number of hydrogen-bond acceptors (Lipinski definition) is 3. The smallest absolute Gasteiger partial charge is 0.396 e. The monoisotopic (exact) mass is 556 g/mol. The molecule has 0 bridgehead atoms. The van der Waals surface area contributed by atoms with Crippen molar-refractivity contribution in [2.24, 2.45) is 4.99 Å². The minimum atomic E-state index is -4.69. The first-order chi connectivity index (χ1) is 18.4. The lowest BCUT2D eigenvalue weighted by Gasteiger charge is -2.31. The second-order valence-corrected chi connectivity index (χ2v) is 8.17. The number of anilines is 2. The molecule has 4 rings (SSSR count). The van der Waals surface area contributed by atoms with E-state index in [0.29, 0.717) is 24.2 Å².